The van der Waals surface area contributed by atoms with Gasteiger partial charge in [0.1, 0.15) is 0 Å². The van der Waals surface area contributed by atoms with Crippen LogP contribution in [0.25, 0.3) is 0 Å². The Morgan fingerprint density at radius 2 is 1.71 bits per heavy atom. The summed E-state index contributed by atoms with van der Waals surface area (Å²) in [5.41, 5.74) is 5.65. The number of hydrogen-bond donors (Lipinski definition) is 3. The molecule has 0 radical (unpaired) electrons. The van der Waals surface area contributed by atoms with E-state index in [0.717, 1.165) is 37.7 Å². The first-order valence-corrected chi connectivity index (χ1v) is 8.28. The summed E-state index contributed by atoms with van der Waals surface area (Å²) in [7, 11) is 0. The lowest BCUT2D eigenvalue weighted by atomic mass is 9.69. The van der Waals surface area contributed by atoms with Crippen molar-refractivity contribution in [3.05, 3.63) is 35.4 Å². The van der Waals surface area contributed by atoms with Gasteiger partial charge in [0.05, 0.1) is 6.42 Å². The highest BCUT2D eigenvalue weighted by Crippen LogP contribution is 2.42. The second-order valence-corrected chi connectivity index (χ2v) is 6.63. The van der Waals surface area contributed by atoms with E-state index in [9.17, 15) is 14.4 Å². The van der Waals surface area contributed by atoms with E-state index in [1.807, 2.05) is 19.1 Å². The van der Waals surface area contributed by atoms with E-state index >= 15 is 0 Å². The first-order chi connectivity index (χ1) is 11.4. The van der Waals surface area contributed by atoms with Crippen LogP contribution in [0.1, 0.15) is 60.9 Å². The summed E-state index contributed by atoms with van der Waals surface area (Å²) in [4.78, 5) is 35.4. The van der Waals surface area contributed by atoms with Gasteiger partial charge in [0.25, 0.3) is 5.91 Å². The number of carboxylic acids is 1. The van der Waals surface area contributed by atoms with Crippen molar-refractivity contribution in [1.29, 1.82) is 0 Å². The molecule has 0 heterocycles. The van der Waals surface area contributed by atoms with Gasteiger partial charge in [-0.25, -0.2) is 0 Å². The fourth-order valence-electron chi connectivity index (χ4n) is 3.44. The van der Waals surface area contributed by atoms with Gasteiger partial charge in [-0.15, -0.1) is 0 Å². The van der Waals surface area contributed by atoms with Crippen molar-refractivity contribution in [2.45, 2.75) is 51.9 Å². The molecule has 0 bridgehead atoms. The van der Waals surface area contributed by atoms with E-state index < -0.39 is 11.4 Å². The number of nitrogens with one attached hydrogen (secondary N) is 2. The Bertz CT molecular complexity index is 621. The van der Waals surface area contributed by atoms with Gasteiger partial charge in [-0.1, -0.05) is 37.5 Å². The number of hydrogen-bond acceptors (Lipinski definition) is 3. The smallest absolute Gasteiger partial charge is 0.303 e. The predicted molar refractivity (Wildman–Crippen MR) is 89.2 cm³/mol. The summed E-state index contributed by atoms with van der Waals surface area (Å²) >= 11 is 0. The van der Waals surface area contributed by atoms with Gasteiger partial charge in [-0.05, 0) is 36.8 Å². The largest absolute Gasteiger partial charge is 0.481 e. The molecule has 0 aromatic heterocycles. The summed E-state index contributed by atoms with van der Waals surface area (Å²) < 4.78 is 0. The van der Waals surface area contributed by atoms with Gasteiger partial charge in [-0.2, -0.15) is 0 Å². The highest BCUT2D eigenvalue weighted by molar-refractivity contribution is 5.96. The molecule has 0 spiro atoms. The number of benzene rings is 1. The summed E-state index contributed by atoms with van der Waals surface area (Å²) in [5, 5.41) is 9.14. The van der Waals surface area contributed by atoms with Crippen LogP contribution in [-0.4, -0.2) is 22.9 Å². The van der Waals surface area contributed by atoms with Crippen molar-refractivity contribution >= 4 is 17.8 Å². The molecular formula is C18H24N2O4. The quantitative estimate of drug-likeness (QED) is 0.722. The number of aliphatic carboxylic acids is 1. The topological polar surface area (TPSA) is 95.5 Å². The van der Waals surface area contributed by atoms with Gasteiger partial charge < -0.3 is 5.11 Å². The Balaban J connectivity index is 1.92. The molecule has 2 rings (SSSR count). The Hall–Kier alpha value is -2.37. The first-order valence-electron chi connectivity index (χ1n) is 8.28. The zero-order valence-electron chi connectivity index (χ0n) is 13.9. The van der Waals surface area contributed by atoms with Gasteiger partial charge in [0, 0.05) is 12.0 Å². The number of carbonyl (C=O) groups is 3. The Kier molecular flexibility index (Phi) is 5.95. The molecule has 0 aliphatic heterocycles. The van der Waals surface area contributed by atoms with E-state index in [4.69, 9.17) is 5.11 Å². The number of amides is 2. The molecule has 1 aliphatic rings. The van der Waals surface area contributed by atoms with Crippen LogP contribution < -0.4 is 10.9 Å². The zero-order chi connectivity index (χ0) is 17.6. The third-order valence-corrected chi connectivity index (χ3v) is 4.68. The third-order valence-electron chi connectivity index (χ3n) is 4.68. The molecule has 6 heteroatoms. The van der Waals surface area contributed by atoms with Crippen LogP contribution in [0.15, 0.2) is 24.3 Å². The lowest BCUT2D eigenvalue weighted by molar-refractivity contribution is -0.141. The molecule has 3 N–H and O–H groups in total. The summed E-state index contributed by atoms with van der Waals surface area (Å²) in [5.74, 6) is -1.61. The van der Waals surface area contributed by atoms with Crippen molar-refractivity contribution in [3.8, 4) is 0 Å². The van der Waals surface area contributed by atoms with Crippen LogP contribution in [0.3, 0.4) is 0 Å². The van der Waals surface area contributed by atoms with Crippen molar-refractivity contribution in [2.75, 3.05) is 0 Å². The molecule has 0 saturated heterocycles. The van der Waals surface area contributed by atoms with Gasteiger partial charge in [0.15, 0.2) is 0 Å². The molecule has 1 aliphatic carbocycles. The maximum atomic E-state index is 12.2. The van der Waals surface area contributed by atoms with Gasteiger partial charge >= 0.3 is 5.97 Å². The van der Waals surface area contributed by atoms with E-state index in [2.05, 4.69) is 10.9 Å². The van der Waals surface area contributed by atoms with E-state index in [1.54, 1.807) is 12.1 Å². The lowest BCUT2D eigenvalue weighted by Gasteiger charge is -2.35. The van der Waals surface area contributed by atoms with Crippen LogP contribution in [-0.2, 0) is 9.59 Å². The number of carboxylic acid groups (broad SMARTS) is 1. The molecule has 6 nitrogen and oxygen atoms in total. The Morgan fingerprint density at radius 3 is 2.33 bits per heavy atom. The Morgan fingerprint density at radius 1 is 1.04 bits per heavy atom. The average molecular weight is 332 g/mol. The second kappa shape index (κ2) is 7.95. The lowest BCUT2D eigenvalue weighted by Crippen LogP contribution is -2.44. The molecule has 1 aromatic carbocycles. The molecule has 0 atom stereocenters. The summed E-state index contributed by atoms with van der Waals surface area (Å²) in [6.45, 7) is 1.82. The predicted octanol–water partition coefficient (Wildman–Crippen LogP) is 2.57. The van der Waals surface area contributed by atoms with Crippen LogP contribution in [0.2, 0.25) is 0 Å². The SMILES string of the molecule is Cc1ccccc1C(=O)NNC(=O)CC1(CC(=O)O)CCCCC1. The van der Waals surface area contributed by atoms with Crippen LogP contribution in [0.4, 0.5) is 0 Å². The summed E-state index contributed by atoms with van der Waals surface area (Å²) in [6.07, 6.45) is 4.54. The van der Waals surface area contributed by atoms with Crippen molar-refractivity contribution in [1.82, 2.24) is 10.9 Å². The molecular weight excluding hydrogens is 308 g/mol. The maximum Gasteiger partial charge on any atom is 0.303 e. The van der Waals surface area contributed by atoms with Crippen molar-refractivity contribution < 1.29 is 19.5 Å². The first kappa shape index (κ1) is 18.0. The minimum Gasteiger partial charge on any atom is -0.481 e. The standard InChI is InChI=1S/C18H24N2O4/c1-13-7-3-4-8-14(13)17(24)20-19-15(21)11-18(12-16(22)23)9-5-2-6-10-18/h3-4,7-8H,2,5-6,9-12H2,1H3,(H,19,21)(H,20,24)(H,22,23). The summed E-state index contributed by atoms with van der Waals surface area (Å²) in [6, 6.07) is 7.10. The normalized spacial score (nSPS) is 16.2. The Labute approximate surface area is 141 Å². The molecule has 130 valence electrons. The molecule has 1 saturated carbocycles. The second-order valence-electron chi connectivity index (χ2n) is 6.63. The van der Waals surface area contributed by atoms with Crippen LogP contribution in [0, 0.1) is 12.3 Å². The van der Waals surface area contributed by atoms with E-state index in [1.165, 1.54) is 0 Å². The van der Waals surface area contributed by atoms with Gasteiger partial charge in [0.2, 0.25) is 5.91 Å². The average Bonchev–Trinajstić information content (AvgIpc) is 2.53. The fraction of sp³-hybridized carbons (Fsp3) is 0.500. The number of aryl methyl sites for hydroxylation is 1. The van der Waals surface area contributed by atoms with Crippen molar-refractivity contribution in [3.63, 3.8) is 0 Å². The highest BCUT2D eigenvalue weighted by atomic mass is 16.4. The van der Waals surface area contributed by atoms with Crippen molar-refractivity contribution in [2.24, 2.45) is 5.41 Å². The van der Waals surface area contributed by atoms with E-state index in [0.29, 0.717) is 5.56 Å². The minimum absolute atomic E-state index is 0.00778. The molecule has 1 fully saturated rings. The van der Waals surface area contributed by atoms with Crippen LogP contribution in [0.5, 0.6) is 0 Å². The number of rotatable bonds is 5. The maximum absolute atomic E-state index is 12.2. The minimum atomic E-state index is -0.881. The molecule has 24 heavy (non-hydrogen) atoms. The number of hydrazine groups is 1. The fourth-order valence-corrected chi connectivity index (χ4v) is 3.44. The molecule has 2 amide bonds. The highest BCUT2D eigenvalue weighted by Gasteiger charge is 2.36. The zero-order valence-corrected chi connectivity index (χ0v) is 13.9. The van der Waals surface area contributed by atoms with E-state index in [-0.39, 0.29) is 24.7 Å². The molecule has 0 unspecified atom stereocenters. The van der Waals surface area contributed by atoms with Gasteiger partial charge in [-0.3, -0.25) is 25.2 Å². The third kappa shape index (κ3) is 4.81. The number of carbonyl (C=O) groups excluding carboxylic acids is 2. The molecule has 1 aromatic rings. The monoisotopic (exact) mass is 332 g/mol. The van der Waals surface area contributed by atoms with Crippen LogP contribution >= 0.6 is 0 Å².